The number of anilines is 1. The fraction of sp³-hybridized carbons (Fsp3) is 0.211. The van der Waals surface area contributed by atoms with Crippen LogP contribution in [0, 0.1) is 0 Å². The van der Waals surface area contributed by atoms with E-state index in [9.17, 15) is 14.4 Å². The molecule has 0 aliphatic rings. The summed E-state index contributed by atoms with van der Waals surface area (Å²) in [5, 5.41) is 4.86. The maximum atomic E-state index is 12.6. The van der Waals surface area contributed by atoms with Crippen LogP contribution in [0.4, 0.5) is 5.13 Å². The van der Waals surface area contributed by atoms with Crippen molar-refractivity contribution in [1.82, 2.24) is 23.7 Å². The Kier molecular flexibility index (Phi) is 5.38. The van der Waals surface area contributed by atoms with Gasteiger partial charge in [0.15, 0.2) is 16.3 Å². The van der Waals surface area contributed by atoms with Gasteiger partial charge in [0.05, 0.1) is 12.8 Å². The fourth-order valence-corrected chi connectivity index (χ4v) is 4.05. The Hall–Kier alpha value is -3.44. The molecule has 1 amide bonds. The van der Waals surface area contributed by atoms with E-state index >= 15 is 0 Å². The maximum absolute atomic E-state index is 12.6. The third-order valence-electron chi connectivity index (χ3n) is 4.74. The number of amides is 1. The molecule has 0 aliphatic heterocycles. The summed E-state index contributed by atoms with van der Waals surface area (Å²) >= 11 is 7.43. The lowest BCUT2D eigenvalue weighted by atomic mass is 10.2. The van der Waals surface area contributed by atoms with Gasteiger partial charge in [-0.05, 0) is 35.9 Å². The van der Waals surface area contributed by atoms with Crippen LogP contribution >= 0.6 is 22.9 Å². The van der Waals surface area contributed by atoms with Crippen molar-refractivity contribution >= 4 is 45.1 Å². The molecule has 1 aromatic carbocycles. The van der Waals surface area contributed by atoms with Gasteiger partial charge in [-0.25, -0.2) is 9.78 Å². The molecule has 0 spiro atoms. The van der Waals surface area contributed by atoms with Crippen LogP contribution in [0.2, 0.25) is 5.28 Å². The van der Waals surface area contributed by atoms with Gasteiger partial charge in [0.1, 0.15) is 12.3 Å². The molecule has 0 unspecified atom stereocenters. The van der Waals surface area contributed by atoms with Crippen molar-refractivity contribution in [2.75, 3.05) is 12.4 Å². The fourth-order valence-electron chi connectivity index (χ4n) is 3.09. The normalized spacial score (nSPS) is 11.1. The van der Waals surface area contributed by atoms with Gasteiger partial charge in [-0.2, -0.15) is 4.98 Å². The van der Waals surface area contributed by atoms with Crippen molar-refractivity contribution in [2.24, 2.45) is 14.1 Å². The third kappa shape index (κ3) is 3.73. The largest absolute Gasteiger partial charge is 0.497 e. The summed E-state index contributed by atoms with van der Waals surface area (Å²) in [5.74, 6) is 0.299. The number of aryl methyl sites for hydroxylation is 1. The number of methoxy groups -OCH3 is 1. The van der Waals surface area contributed by atoms with E-state index < -0.39 is 17.2 Å². The minimum absolute atomic E-state index is 0.0680. The molecule has 160 valence electrons. The number of aromatic nitrogens is 5. The molecule has 12 heteroatoms. The van der Waals surface area contributed by atoms with Crippen LogP contribution in [0.25, 0.3) is 22.4 Å². The molecule has 3 heterocycles. The first kappa shape index (κ1) is 20.8. The number of fused-ring (bicyclic) bond motifs is 1. The summed E-state index contributed by atoms with van der Waals surface area (Å²) in [6.07, 6.45) is 0. The molecule has 0 radical (unpaired) electrons. The van der Waals surface area contributed by atoms with E-state index in [1.54, 1.807) is 7.11 Å². The van der Waals surface area contributed by atoms with Gasteiger partial charge in [0, 0.05) is 25.0 Å². The molecule has 4 aromatic rings. The summed E-state index contributed by atoms with van der Waals surface area (Å²) in [6, 6.07) is 7.40. The van der Waals surface area contributed by atoms with Crippen LogP contribution in [0.3, 0.4) is 0 Å². The molecule has 1 N–H and O–H groups in total. The maximum Gasteiger partial charge on any atom is 0.332 e. The second-order valence-electron chi connectivity index (χ2n) is 6.66. The lowest BCUT2D eigenvalue weighted by Crippen LogP contribution is -2.37. The third-order valence-corrected chi connectivity index (χ3v) is 5.79. The second-order valence-corrected chi connectivity index (χ2v) is 7.86. The highest BCUT2D eigenvalue weighted by Crippen LogP contribution is 2.26. The lowest BCUT2D eigenvalue weighted by Gasteiger charge is -2.07. The number of benzene rings is 1. The number of halogens is 1. The van der Waals surface area contributed by atoms with Gasteiger partial charge < -0.3 is 10.1 Å². The van der Waals surface area contributed by atoms with E-state index in [1.807, 2.05) is 29.6 Å². The Bertz CT molecular complexity index is 1420. The number of hydrogen-bond donors (Lipinski definition) is 1. The highest BCUT2D eigenvalue weighted by atomic mass is 35.5. The van der Waals surface area contributed by atoms with Gasteiger partial charge in [-0.3, -0.25) is 23.3 Å². The molecule has 31 heavy (non-hydrogen) atoms. The summed E-state index contributed by atoms with van der Waals surface area (Å²) in [7, 11) is 4.43. The predicted molar refractivity (Wildman–Crippen MR) is 118 cm³/mol. The summed E-state index contributed by atoms with van der Waals surface area (Å²) in [5.41, 5.74) is 0.659. The van der Waals surface area contributed by atoms with Crippen LogP contribution in [-0.4, -0.2) is 36.7 Å². The van der Waals surface area contributed by atoms with Crippen molar-refractivity contribution in [3.63, 3.8) is 0 Å². The summed E-state index contributed by atoms with van der Waals surface area (Å²) < 4.78 is 8.57. The molecule has 3 aromatic heterocycles. The van der Waals surface area contributed by atoms with Crippen LogP contribution in [0.5, 0.6) is 5.75 Å². The molecular weight excluding hydrogens is 444 g/mol. The van der Waals surface area contributed by atoms with Gasteiger partial charge >= 0.3 is 5.69 Å². The van der Waals surface area contributed by atoms with Crippen LogP contribution in [0.15, 0.2) is 39.2 Å². The smallest absolute Gasteiger partial charge is 0.332 e. The van der Waals surface area contributed by atoms with Crippen molar-refractivity contribution in [3.05, 3.63) is 55.8 Å². The molecule has 0 bridgehead atoms. The number of ether oxygens (including phenoxy) is 1. The number of thiazole rings is 1. The van der Waals surface area contributed by atoms with E-state index in [0.29, 0.717) is 10.8 Å². The Morgan fingerprint density at radius 3 is 2.55 bits per heavy atom. The number of carbonyl (C=O) groups is 1. The van der Waals surface area contributed by atoms with Crippen molar-refractivity contribution in [2.45, 2.75) is 6.54 Å². The minimum atomic E-state index is -0.582. The number of rotatable bonds is 5. The molecule has 4 rings (SSSR count). The van der Waals surface area contributed by atoms with E-state index in [2.05, 4.69) is 15.3 Å². The molecule has 10 nitrogen and oxygen atoms in total. The first-order valence-electron chi connectivity index (χ1n) is 9.01. The Morgan fingerprint density at radius 1 is 1.16 bits per heavy atom. The molecule has 0 saturated heterocycles. The van der Waals surface area contributed by atoms with E-state index in [0.717, 1.165) is 15.9 Å². The van der Waals surface area contributed by atoms with E-state index in [1.165, 1.54) is 34.6 Å². The second kappa shape index (κ2) is 8.00. The number of hydrogen-bond acceptors (Lipinski definition) is 7. The highest BCUT2D eigenvalue weighted by Gasteiger charge is 2.20. The van der Waals surface area contributed by atoms with E-state index in [-0.39, 0.29) is 23.0 Å². The molecule has 0 fully saturated rings. The zero-order valence-electron chi connectivity index (χ0n) is 16.7. The van der Waals surface area contributed by atoms with Crippen LogP contribution in [-0.2, 0) is 25.4 Å². The number of carbonyl (C=O) groups excluding carboxylic acids is 1. The van der Waals surface area contributed by atoms with Crippen LogP contribution < -0.4 is 21.3 Å². The van der Waals surface area contributed by atoms with Gasteiger partial charge in [0.2, 0.25) is 11.2 Å². The van der Waals surface area contributed by atoms with Crippen molar-refractivity contribution in [3.8, 4) is 17.0 Å². The quantitative estimate of drug-likeness (QED) is 0.455. The zero-order chi connectivity index (χ0) is 22.3. The van der Waals surface area contributed by atoms with Crippen molar-refractivity contribution < 1.29 is 9.53 Å². The first-order chi connectivity index (χ1) is 14.8. The van der Waals surface area contributed by atoms with E-state index in [4.69, 9.17) is 16.3 Å². The highest BCUT2D eigenvalue weighted by molar-refractivity contribution is 7.14. The van der Waals surface area contributed by atoms with Gasteiger partial charge in [-0.15, -0.1) is 11.3 Å². The Labute approximate surface area is 184 Å². The number of nitrogens with one attached hydrogen (secondary N) is 1. The van der Waals surface area contributed by atoms with Crippen LogP contribution in [0.1, 0.15) is 0 Å². The lowest BCUT2D eigenvalue weighted by molar-refractivity contribution is -0.116. The van der Waals surface area contributed by atoms with Gasteiger partial charge in [0.25, 0.3) is 5.56 Å². The monoisotopic (exact) mass is 460 g/mol. The average molecular weight is 461 g/mol. The zero-order valence-corrected chi connectivity index (χ0v) is 18.3. The first-order valence-corrected chi connectivity index (χ1v) is 10.3. The minimum Gasteiger partial charge on any atom is -0.497 e. The predicted octanol–water partition coefficient (Wildman–Crippen LogP) is 1.86. The average Bonchev–Trinajstić information content (AvgIpc) is 3.35. The molecular formula is C19H17ClN6O4S. The molecule has 0 saturated carbocycles. The summed E-state index contributed by atoms with van der Waals surface area (Å²) in [4.78, 5) is 45.7. The molecule has 0 atom stereocenters. The van der Waals surface area contributed by atoms with Gasteiger partial charge in [-0.1, -0.05) is 0 Å². The standard InChI is InChI=1S/C19H17ClN6O4S/c1-24-15-14(16(28)25(2)19(24)29)26(17(20)23-15)8-13(27)22-18-21-12(9-31-18)10-4-6-11(30-3)7-5-10/h4-7,9H,8H2,1-3H3,(H,21,22,27). The topological polar surface area (TPSA) is 113 Å². The Morgan fingerprint density at radius 2 is 1.87 bits per heavy atom. The summed E-state index contributed by atoms with van der Waals surface area (Å²) in [6.45, 7) is -0.264. The molecule has 0 aliphatic carbocycles. The SMILES string of the molecule is COc1ccc(-c2csc(NC(=O)Cn3c(Cl)nc4c3c(=O)n(C)c(=O)n4C)n2)cc1. The Balaban J connectivity index is 1.58. The number of imidazole rings is 1. The number of nitrogens with zero attached hydrogens (tertiary/aromatic N) is 5. The van der Waals surface area contributed by atoms with Crippen molar-refractivity contribution in [1.29, 1.82) is 0 Å².